The third kappa shape index (κ3) is 7.63. The highest BCUT2D eigenvalue weighted by molar-refractivity contribution is 5.90. The average Bonchev–Trinajstić information content (AvgIpc) is 2.74. The molecule has 0 aromatic heterocycles. The zero-order valence-electron chi connectivity index (χ0n) is 15.9. The van der Waals surface area contributed by atoms with Crippen LogP contribution < -0.4 is 16.4 Å². The maximum absolute atomic E-state index is 12.4. The van der Waals surface area contributed by atoms with Gasteiger partial charge >= 0.3 is 6.09 Å². The molecule has 8 heteroatoms. The molecule has 3 amide bonds. The van der Waals surface area contributed by atoms with Crippen molar-refractivity contribution in [1.82, 2.24) is 10.6 Å². The van der Waals surface area contributed by atoms with Crippen LogP contribution in [0.3, 0.4) is 0 Å². The Morgan fingerprint density at radius 1 is 0.897 bits per heavy atom. The largest absolute Gasteiger partial charge is 0.445 e. The zero-order chi connectivity index (χ0) is 21.1. The van der Waals surface area contributed by atoms with Crippen molar-refractivity contribution in [3.05, 3.63) is 71.8 Å². The number of aliphatic hydroxyl groups is 1. The van der Waals surface area contributed by atoms with Gasteiger partial charge in [-0.15, -0.1) is 0 Å². The molecule has 0 heterocycles. The number of carbonyl (C=O) groups is 3. The van der Waals surface area contributed by atoms with Gasteiger partial charge in [0.15, 0.2) is 0 Å². The number of aryl methyl sites for hydroxylation is 1. The second kappa shape index (κ2) is 11.5. The van der Waals surface area contributed by atoms with Gasteiger partial charge in [-0.1, -0.05) is 60.7 Å². The molecule has 0 aliphatic carbocycles. The predicted octanol–water partition coefficient (Wildman–Crippen LogP) is 0.877. The van der Waals surface area contributed by atoms with Crippen LogP contribution in [0.25, 0.3) is 0 Å². The molecular weight excluding hydrogens is 374 g/mol. The summed E-state index contributed by atoms with van der Waals surface area (Å²) in [5.74, 6) is -1.42. The molecule has 8 nitrogen and oxygen atoms in total. The van der Waals surface area contributed by atoms with Gasteiger partial charge in [-0.05, 0) is 24.0 Å². The number of hydrogen-bond donors (Lipinski definition) is 4. The quantitative estimate of drug-likeness (QED) is 0.471. The zero-order valence-corrected chi connectivity index (χ0v) is 15.9. The second-order valence-corrected chi connectivity index (χ2v) is 6.43. The van der Waals surface area contributed by atoms with Gasteiger partial charge in [0.1, 0.15) is 18.7 Å². The number of alkyl carbamates (subject to hydrolysis) is 1. The molecule has 2 atom stereocenters. The minimum Gasteiger partial charge on any atom is -0.445 e. The molecule has 2 rings (SSSR count). The average molecular weight is 399 g/mol. The number of benzene rings is 2. The maximum Gasteiger partial charge on any atom is 0.408 e. The van der Waals surface area contributed by atoms with Crippen molar-refractivity contribution < 1.29 is 24.2 Å². The summed E-state index contributed by atoms with van der Waals surface area (Å²) in [5.41, 5.74) is 7.15. The molecule has 2 aromatic carbocycles. The first-order chi connectivity index (χ1) is 14.0. The monoisotopic (exact) mass is 399 g/mol. The van der Waals surface area contributed by atoms with Gasteiger partial charge in [0.25, 0.3) is 0 Å². The van der Waals surface area contributed by atoms with E-state index >= 15 is 0 Å². The second-order valence-electron chi connectivity index (χ2n) is 6.43. The molecule has 154 valence electrons. The van der Waals surface area contributed by atoms with E-state index < -0.39 is 36.6 Å². The van der Waals surface area contributed by atoms with E-state index in [2.05, 4.69) is 10.6 Å². The molecule has 0 aliphatic heterocycles. The summed E-state index contributed by atoms with van der Waals surface area (Å²) in [6, 6.07) is 16.3. The fourth-order valence-corrected chi connectivity index (χ4v) is 2.61. The maximum atomic E-state index is 12.4. The highest BCUT2D eigenvalue weighted by atomic mass is 16.5. The minimum atomic E-state index is -1.27. The van der Waals surface area contributed by atoms with Crippen LogP contribution in [0.1, 0.15) is 17.5 Å². The lowest BCUT2D eigenvalue weighted by Crippen LogP contribution is -2.54. The number of nitrogens with one attached hydrogen (secondary N) is 2. The van der Waals surface area contributed by atoms with Crippen molar-refractivity contribution in [2.24, 2.45) is 5.73 Å². The van der Waals surface area contributed by atoms with E-state index in [-0.39, 0.29) is 6.61 Å². The van der Waals surface area contributed by atoms with Crippen molar-refractivity contribution in [1.29, 1.82) is 0 Å². The number of amides is 3. The Balaban J connectivity index is 1.85. The molecule has 2 aromatic rings. The number of nitrogens with two attached hydrogens (primary N) is 1. The smallest absolute Gasteiger partial charge is 0.408 e. The van der Waals surface area contributed by atoms with Crippen molar-refractivity contribution in [2.45, 2.75) is 31.5 Å². The van der Waals surface area contributed by atoms with Crippen molar-refractivity contribution in [2.75, 3.05) is 6.61 Å². The highest BCUT2D eigenvalue weighted by Crippen LogP contribution is 2.06. The third-order valence-corrected chi connectivity index (χ3v) is 4.23. The first-order valence-electron chi connectivity index (χ1n) is 9.21. The molecule has 29 heavy (non-hydrogen) atoms. The SMILES string of the molecule is NC(=O)[C@@H](CCc1ccccc1)NC(=O)[C@H](CO)NC(=O)OCc1ccccc1. The van der Waals surface area contributed by atoms with E-state index in [4.69, 9.17) is 10.5 Å². The topological polar surface area (TPSA) is 131 Å². The standard InChI is InChI=1S/C21H25N3O5/c22-19(26)17(12-11-15-7-3-1-4-8-15)23-20(27)18(13-25)24-21(28)29-14-16-9-5-2-6-10-16/h1-10,17-18,25H,11-14H2,(H2,22,26)(H,23,27)(H,24,28)/t17-,18+/m1/s1. The third-order valence-electron chi connectivity index (χ3n) is 4.23. The lowest BCUT2D eigenvalue weighted by atomic mass is 10.0. The van der Waals surface area contributed by atoms with Gasteiger partial charge in [0, 0.05) is 0 Å². The van der Waals surface area contributed by atoms with E-state index in [0.29, 0.717) is 12.8 Å². The molecule has 0 unspecified atom stereocenters. The Labute approximate surface area is 169 Å². The van der Waals surface area contributed by atoms with Crippen LogP contribution >= 0.6 is 0 Å². The van der Waals surface area contributed by atoms with Crippen molar-refractivity contribution in [3.8, 4) is 0 Å². The Morgan fingerprint density at radius 3 is 2.03 bits per heavy atom. The fraction of sp³-hybridized carbons (Fsp3) is 0.286. The van der Waals surface area contributed by atoms with Crippen molar-refractivity contribution in [3.63, 3.8) is 0 Å². The fourth-order valence-electron chi connectivity index (χ4n) is 2.61. The summed E-state index contributed by atoms with van der Waals surface area (Å²) in [7, 11) is 0. The number of carbonyl (C=O) groups excluding carboxylic acids is 3. The lowest BCUT2D eigenvalue weighted by molar-refractivity contribution is -0.129. The minimum absolute atomic E-state index is 0.0213. The summed E-state index contributed by atoms with van der Waals surface area (Å²) >= 11 is 0. The van der Waals surface area contributed by atoms with E-state index in [1.807, 2.05) is 36.4 Å². The van der Waals surface area contributed by atoms with Crippen LogP contribution in [0.5, 0.6) is 0 Å². The molecule has 0 spiro atoms. The van der Waals surface area contributed by atoms with Crippen LogP contribution in [0.2, 0.25) is 0 Å². The number of hydrogen-bond acceptors (Lipinski definition) is 5. The number of primary amides is 1. The predicted molar refractivity (Wildman–Crippen MR) is 107 cm³/mol. The van der Waals surface area contributed by atoms with Crippen LogP contribution in [0.4, 0.5) is 4.79 Å². The molecule has 0 fully saturated rings. The van der Waals surface area contributed by atoms with E-state index in [9.17, 15) is 19.5 Å². The Hall–Kier alpha value is -3.39. The normalized spacial score (nSPS) is 12.4. The lowest BCUT2D eigenvalue weighted by Gasteiger charge is -2.20. The molecule has 0 radical (unpaired) electrons. The van der Waals surface area contributed by atoms with Gasteiger partial charge in [0.05, 0.1) is 6.61 Å². The summed E-state index contributed by atoms with van der Waals surface area (Å²) in [6.07, 6.45) is -0.0322. The molecule has 0 saturated carbocycles. The molecule has 0 saturated heterocycles. The van der Waals surface area contributed by atoms with Crippen LogP contribution in [-0.2, 0) is 27.4 Å². The molecule has 0 aliphatic rings. The first-order valence-corrected chi connectivity index (χ1v) is 9.21. The van der Waals surface area contributed by atoms with Crippen LogP contribution in [0, 0.1) is 0 Å². The van der Waals surface area contributed by atoms with Gasteiger partial charge < -0.3 is 26.2 Å². The molecule has 5 N–H and O–H groups in total. The highest BCUT2D eigenvalue weighted by Gasteiger charge is 2.25. The summed E-state index contributed by atoms with van der Waals surface area (Å²) < 4.78 is 5.04. The van der Waals surface area contributed by atoms with Gasteiger partial charge in [-0.3, -0.25) is 9.59 Å². The van der Waals surface area contributed by atoms with Gasteiger partial charge in [0.2, 0.25) is 11.8 Å². The molecular formula is C21H25N3O5. The van der Waals surface area contributed by atoms with E-state index in [1.165, 1.54) is 0 Å². The summed E-state index contributed by atoms with van der Waals surface area (Å²) in [4.78, 5) is 35.9. The van der Waals surface area contributed by atoms with Crippen molar-refractivity contribution >= 4 is 17.9 Å². The summed E-state index contributed by atoms with van der Waals surface area (Å²) in [5, 5.41) is 14.2. The van der Waals surface area contributed by atoms with Gasteiger partial charge in [-0.2, -0.15) is 0 Å². The summed E-state index contributed by atoms with van der Waals surface area (Å²) in [6.45, 7) is -0.635. The Morgan fingerprint density at radius 2 is 1.48 bits per heavy atom. The number of aliphatic hydroxyl groups excluding tert-OH is 1. The molecule has 0 bridgehead atoms. The van der Waals surface area contributed by atoms with Crippen LogP contribution in [-0.4, -0.2) is 41.7 Å². The van der Waals surface area contributed by atoms with E-state index in [1.54, 1.807) is 24.3 Å². The number of ether oxygens (including phenoxy) is 1. The first kappa shape index (κ1) is 21.9. The Bertz CT molecular complexity index is 798. The Kier molecular flexibility index (Phi) is 8.65. The van der Waals surface area contributed by atoms with E-state index in [0.717, 1.165) is 11.1 Å². The number of rotatable bonds is 10. The van der Waals surface area contributed by atoms with Crippen LogP contribution in [0.15, 0.2) is 60.7 Å². The van der Waals surface area contributed by atoms with Gasteiger partial charge in [-0.25, -0.2) is 4.79 Å².